The van der Waals surface area contributed by atoms with Gasteiger partial charge in [-0.05, 0) is 25.0 Å². The molecule has 1 aliphatic rings. The van der Waals surface area contributed by atoms with E-state index in [-0.39, 0.29) is 6.04 Å². The predicted octanol–water partition coefficient (Wildman–Crippen LogP) is 2.29. The molecule has 1 fully saturated rings. The van der Waals surface area contributed by atoms with E-state index in [1.165, 1.54) is 11.3 Å². The average molecular weight is 310 g/mol. The number of halogens is 1. The second-order valence-electron chi connectivity index (χ2n) is 4.19. The maximum absolute atomic E-state index is 12.5. The third kappa shape index (κ3) is 3.05. The van der Waals surface area contributed by atoms with Crippen molar-refractivity contribution in [2.24, 2.45) is 0 Å². The van der Waals surface area contributed by atoms with Gasteiger partial charge in [0.15, 0.2) is 0 Å². The van der Waals surface area contributed by atoms with Gasteiger partial charge in [-0.1, -0.05) is 0 Å². The van der Waals surface area contributed by atoms with Gasteiger partial charge in [-0.25, -0.2) is 8.42 Å². The highest BCUT2D eigenvalue weighted by atomic mass is 35.5. The molecule has 0 spiro atoms. The Bertz CT molecular complexity index is 496. The first-order chi connectivity index (χ1) is 8.59. The summed E-state index contributed by atoms with van der Waals surface area (Å²) in [5.74, 6) is 0.349. The van der Waals surface area contributed by atoms with E-state index >= 15 is 0 Å². The summed E-state index contributed by atoms with van der Waals surface area (Å²) in [6.45, 7) is 0.834. The highest BCUT2D eigenvalue weighted by Gasteiger charge is 2.38. The van der Waals surface area contributed by atoms with Crippen molar-refractivity contribution in [2.75, 3.05) is 20.3 Å². The Labute approximate surface area is 117 Å². The van der Waals surface area contributed by atoms with Crippen LogP contribution in [0.15, 0.2) is 16.3 Å². The second kappa shape index (κ2) is 5.88. The summed E-state index contributed by atoms with van der Waals surface area (Å²) in [6, 6.07) is 3.55. The number of ether oxygens (including phenoxy) is 1. The van der Waals surface area contributed by atoms with Gasteiger partial charge in [0.1, 0.15) is 4.21 Å². The molecule has 0 amide bonds. The fourth-order valence-corrected chi connectivity index (χ4v) is 4.98. The summed E-state index contributed by atoms with van der Waals surface area (Å²) in [6.07, 6.45) is 1.88. The Hall–Kier alpha value is -0.140. The SMILES string of the molecule is COCCN(C1CC1)S(=O)(=O)c1ccc(CCl)s1. The molecular weight excluding hydrogens is 294 g/mol. The van der Waals surface area contributed by atoms with Crippen molar-refractivity contribution in [1.29, 1.82) is 0 Å². The van der Waals surface area contributed by atoms with Crippen LogP contribution in [0.1, 0.15) is 17.7 Å². The lowest BCUT2D eigenvalue weighted by Crippen LogP contribution is -2.35. The molecule has 1 aromatic heterocycles. The van der Waals surface area contributed by atoms with Crippen LogP contribution >= 0.6 is 22.9 Å². The van der Waals surface area contributed by atoms with Gasteiger partial charge in [0.25, 0.3) is 10.0 Å². The van der Waals surface area contributed by atoms with Crippen LogP contribution in [-0.4, -0.2) is 39.0 Å². The van der Waals surface area contributed by atoms with Crippen molar-refractivity contribution < 1.29 is 13.2 Å². The summed E-state index contributed by atoms with van der Waals surface area (Å²) in [5, 5.41) is 0. The summed E-state index contributed by atoms with van der Waals surface area (Å²) in [4.78, 5) is 0.873. The van der Waals surface area contributed by atoms with Gasteiger partial charge in [-0.2, -0.15) is 4.31 Å². The molecule has 18 heavy (non-hydrogen) atoms. The molecule has 4 nitrogen and oxygen atoms in total. The maximum Gasteiger partial charge on any atom is 0.252 e. The monoisotopic (exact) mass is 309 g/mol. The van der Waals surface area contributed by atoms with Gasteiger partial charge in [0.2, 0.25) is 0 Å². The molecule has 0 aliphatic heterocycles. The van der Waals surface area contributed by atoms with E-state index in [0.717, 1.165) is 17.7 Å². The van der Waals surface area contributed by atoms with Crippen LogP contribution in [0.5, 0.6) is 0 Å². The van der Waals surface area contributed by atoms with Crippen LogP contribution in [0.4, 0.5) is 0 Å². The number of rotatable bonds is 7. The van der Waals surface area contributed by atoms with Crippen molar-refractivity contribution in [2.45, 2.75) is 29.0 Å². The maximum atomic E-state index is 12.5. The number of thiophene rings is 1. The number of hydrogen-bond donors (Lipinski definition) is 0. The van der Waals surface area contributed by atoms with Crippen LogP contribution in [0.2, 0.25) is 0 Å². The Morgan fingerprint density at radius 2 is 2.22 bits per heavy atom. The van der Waals surface area contributed by atoms with Crippen LogP contribution in [-0.2, 0) is 20.6 Å². The summed E-state index contributed by atoms with van der Waals surface area (Å²) in [7, 11) is -1.81. The van der Waals surface area contributed by atoms with Crippen molar-refractivity contribution in [1.82, 2.24) is 4.31 Å². The van der Waals surface area contributed by atoms with Gasteiger partial charge in [-0.15, -0.1) is 22.9 Å². The molecule has 7 heteroatoms. The zero-order chi connectivity index (χ0) is 13.2. The van der Waals surface area contributed by atoms with Gasteiger partial charge in [0.05, 0.1) is 12.5 Å². The first kappa shape index (κ1) is 14.3. The van der Waals surface area contributed by atoms with E-state index < -0.39 is 10.0 Å². The molecule has 0 aromatic carbocycles. The van der Waals surface area contributed by atoms with E-state index in [9.17, 15) is 8.42 Å². The Balaban J connectivity index is 2.21. The standard InChI is InChI=1S/C11H16ClNO3S2/c1-16-7-6-13(9-2-3-9)18(14,15)11-5-4-10(8-12)17-11/h4-5,9H,2-3,6-8H2,1H3. The Morgan fingerprint density at radius 3 is 2.72 bits per heavy atom. The zero-order valence-electron chi connectivity index (χ0n) is 10.1. The minimum Gasteiger partial charge on any atom is -0.383 e. The van der Waals surface area contributed by atoms with Crippen molar-refractivity contribution >= 4 is 33.0 Å². The van der Waals surface area contributed by atoms with E-state index in [0.29, 0.717) is 23.2 Å². The lowest BCUT2D eigenvalue weighted by atomic mass is 10.5. The first-order valence-electron chi connectivity index (χ1n) is 5.75. The largest absolute Gasteiger partial charge is 0.383 e. The fraction of sp³-hybridized carbons (Fsp3) is 0.636. The van der Waals surface area contributed by atoms with E-state index in [1.807, 2.05) is 0 Å². The second-order valence-corrected chi connectivity index (χ2v) is 7.75. The topological polar surface area (TPSA) is 46.6 Å². The minimum absolute atomic E-state index is 0.145. The van der Waals surface area contributed by atoms with Crippen LogP contribution in [0.25, 0.3) is 0 Å². The van der Waals surface area contributed by atoms with Crippen LogP contribution in [0, 0.1) is 0 Å². The average Bonchev–Trinajstić information content (AvgIpc) is 3.05. The highest BCUT2D eigenvalue weighted by Crippen LogP contribution is 2.34. The Kier molecular flexibility index (Phi) is 4.66. The molecule has 1 saturated carbocycles. The van der Waals surface area contributed by atoms with E-state index in [2.05, 4.69) is 0 Å². The van der Waals surface area contributed by atoms with Gasteiger partial charge in [0, 0.05) is 24.6 Å². The highest BCUT2D eigenvalue weighted by molar-refractivity contribution is 7.91. The van der Waals surface area contributed by atoms with Gasteiger partial charge < -0.3 is 4.74 Å². The molecule has 0 atom stereocenters. The van der Waals surface area contributed by atoms with Crippen molar-refractivity contribution in [3.8, 4) is 0 Å². The summed E-state index contributed by atoms with van der Waals surface area (Å²) in [5.41, 5.74) is 0. The van der Waals surface area contributed by atoms with Crippen molar-refractivity contribution in [3.63, 3.8) is 0 Å². The summed E-state index contributed by atoms with van der Waals surface area (Å²) < 4.78 is 31.9. The molecular formula is C11H16ClNO3S2. The van der Waals surface area contributed by atoms with Gasteiger partial charge in [-0.3, -0.25) is 0 Å². The van der Waals surface area contributed by atoms with Crippen molar-refractivity contribution in [3.05, 3.63) is 17.0 Å². The molecule has 1 aromatic rings. The number of hydrogen-bond acceptors (Lipinski definition) is 4. The molecule has 0 bridgehead atoms. The third-order valence-corrected chi connectivity index (χ3v) is 6.75. The number of methoxy groups -OCH3 is 1. The molecule has 2 rings (SSSR count). The molecule has 1 aliphatic carbocycles. The molecule has 0 N–H and O–H groups in total. The molecule has 0 saturated heterocycles. The molecule has 0 unspecified atom stereocenters. The van der Waals surface area contributed by atoms with E-state index in [4.69, 9.17) is 16.3 Å². The normalized spacial score (nSPS) is 16.4. The minimum atomic E-state index is -3.39. The lowest BCUT2D eigenvalue weighted by Gasteiger charge is -2.20. The number of alkyl halides is 1. The number of nitrogens with zero attached hydrogens (tertiary/aromatic N) is 1. The predicted molar refractivity (Wildman–Crippen MR) is 72.7 cm³/mol. The first-order valence-corrected chi connectivity index (χ1v) is 8.54. The van der Waals surface area contributed by atoms with Crippen LogP contribution in [0.3, 0.4) is 0 Å². The third-order valence-electron chi connectivity index (χ3n) is 2.80. The quantitative estimate of drug-likeness (QED) is 0.726. The molecule has 1 heterocycles. The zero-order valence-corrected chi connectivity index (χ0v) is 12.5. The lowest BCUT2D eigenvalue weighted by molar-refractivity contribution is 0.177. The fourth-order valence-electron chi connectivity index (χ4n) is 1.73. The molecule has 0 radical (unpaired) electrons. The van der Waals surface area contributed by atoms with E-state index in [1.54, 1.807) is 23.5 Å². The Morgan fingerprint density at radius 1 is 1.50 bits per heavy atom. The summed E-state index contributed by atoms with van der Waals surface area (Å²) >= 11 is 6.95. The van der Waals surface area contributed by atoms with Crippen LogP contribution < -0.4 is 0 Å². The number of sulfonamides is 1. The van der Waals surface area contributed by atoms with Gasteiger partial charge >= 0.3 is 0 Å². The molecule has 102 valence electrons. The smallest absolute Gasteiger partial charge is 0.252 e.